The Hall–Kier alpha value is -2.83. The molecular formula is C18H24N6O. The van der Waals surface area contributed by atoms with Crippen LogP contribution in [0.5, 0.6) is 0 Å². The Kier molecular flexibility index (Phi) is 4.74. The molecule has 0 saturated carbocycles. The number of rotatable bonds is 5. The predicted octanol–water partition coefficient (Wildman–Crippen LogP) is 2.76. The van der Waals surface area contributed by atoms with E-state index in [0.29, 0.717) is 5.69 Å². The van der Waals surface area contributed by atoms with Crippen molar-refractivity contribution in [3.8, 4) is 0 Å². The molecular weight excluding hydrogens is 316 g/mol. The lowest BCUT2D eigenvalue weighted by Gasteiger charge is -2.15. The summed E-state index contributed by atoms with van der Waals surface area (Å²) in [6.45, 7) is 3.94. The molecule has 0 aliphatic rings. The first-order chi connectivity index (χ1) is 11.9. The molecule has 3 heterocycles. The van der Waals surface area contributed by atoms with Crippen molar-refractivity contribution in [1.29, 1.82) is 0 Å². The van der Waals surface area contributed by atoms with Gasteiger partial charge in [-0.15, -0.1) is 0 Å². The summed E-state index contributed by atoms with van der Waals surface area (Å²) in [6.07, 6.45) is 5.49. The van der Waals surface area contributed by atoms with Gasteiger partial charge < -0.3 is 15.2 Å². The van der Waals surface area contributed by atoms with E-state index in [9.17, 15) is 4.79 Å². The van der Waals surface area contributed by atoms with Crippen LogP contribution in [0.1, 0.15) is 24.7 Å². The summed E-state index contributed by atoms with van der Waals surface area (Å²) < 4.78 is 3.84. The number of nitrogens with zero attached hydrogens (tertiary/aromatic N) is 4. The minimum absolute atomic E-state index is 0.0757. The van der Waals surface area contributed by atoms with Gasteiger partial charge in [0.05, 0.1) is 17.6 Å². The van der Waals surface area contributed by atoms with Crippen LogP contribution in [-0.2, 0) is 20.5 Å². The van der Waals surface area contributed by atoms with Gasteiger partial charge >= 0.3 is 6.03 Å². The fourth-order valence-electron chi connectivity index (χ4n) is 2.96. The quantitative estimate of drug-likeness (QED) is 0.750. The third-order valence-corrected chi connectivity index (χ3v) is 4.38. The van der Waals surface area contributed by atoms with Crippen molar-refractivity contribution in [3.05, 3.63) is 42.0 Å². The normalized spacial score (nSPS) is 12.3. The first kappa shape index (κ1) is 17.0. The molecule has 0 aliphatic heterocycles. The number of aromatic nitrogens is 4. The highest BCUT2D eigenvalue weighted by Gasteiger charge is 2.11. The standard InChI is InChI=1S/C18H24N6O/c1-12(7-8-15-6-5-9-23(15)3)20-18(25)21-14-10-16-13(2)22-24(4)17(16)19-11-14/h5-6,9-12H,7-8H2,1-4H3,(H2,20,21,25)/t12-/m0/s1. The molecule has 0 aromatic carbocycles. The monoisotopic (exact) mass is 340 g/mol. The van der Waals surface area contributed by atoms with Crippen molar-refractivity contribution in [3.63, 3.8) is 0 Å². The molecule has 0 unspecified atom stereocenters. The third kappa shape index (κ3) is 3.81. The van der Waals surface area contributed by atoms with Gasteiger partial charge in [0, 0.05) is 37.4 Å². The molecule has 0 saturated heterocycles. The summed E-state index contributed by atoms with van der Waals surface area (Å²) >= 11 is 0. The van der Waals surface area contributed by atoms with Crippen LogP contribution < -0.4 is 10.6 Å². The highest BCUT2D eigenvalue weighted by Crippen LogP contribution is 2.19. The lowest BCUT2D eigenvalue weighted by atomic mass is 10.1. The van der Waals surface area contributed by atoms with E-state index in [-0.39, 0.29) is 12.1 Å². The SMILES string of the molecule is Cc1nn(C)c2ncc(NC(=O)N[C@@H](C)CCc3cccn3C)cc12. The number of urea groups is 1. The van der Waals surface area contributed by atoms with Gasteiger partial charge in [-0.25, -0.2) is 9.78 Å². The number of nitrogens with one attached hydrogen (secondary N) is 2. The van der Waals surface area contributed by atoms with Crippen LogP contribution >= 0.6 is 0 Å². The number of fused-ring (bicyclic) bond motifs is 1. The summed E-state index contributed by atoms with van der Waals surface area (Å²) in [5.41, 5.74) is 3.62. The van der Waals surface area contributed by atoms with E-state index in [0.717, 1.165) is 29.6 Å². The number of carbonyl (C=O) groups is 1. The third-order valence-electron chi connectivity index (χ3n) is 4.38. The Morgan fingerprint density at radius 2 is 2.16 bits per heavy atom. The second-order valence-electron chi connectivity index (χ2n) is 6.45. The summed E-state index contributed by atoms with van der Waals surface area (Å²) in [7, 11) is 3.89. The predicted molar refractivity (Wildman–Crippen MR) is 98.6 cm³/mol. The highest BCUT2D eigenvalue weighted by molar-refractivity contribution is 5.92. The summed E-state index contributed by atoms with van der Waals surface area (Å²) in [5, 5.41) is 11.1. The maximum atomic E-state index is 12.2. The summed E-state index contributed by atoms with van der Waals surface area (Å²) in [5.74, 6) is 0. The number of anilines is 1. The molecule has 0 radical (unpaired) electrons. The fourth-order valence-corrected chi connectivity index (χ4v) is 2.96. The van der Waals surface area contributed by atoms with Crippen LogP contribution in [0.3, 0.4) is 0 Å². The average Bonchev–Trinajstić information content (AvgIpc) is 3.09. The zero-order valence-electron chi connectivity index (χ0n) is 15.1. The topological polar surface area (TPSA) is 76.8 Å². The number of pyridine rings is 1. The van der Waals surface area contributed by atoms with Crippen molar-refractivity contribution in [2.75, 3.05) is 5.32 Å². The molecule has 2 N–H and O–H groups in total. The van der Waals surface area contributed by atoms with E-state index in [4.69, 9.17) is 0 Å². The second kappa shape index (κ2) is 6.96. The first-order valence-corrected chi connectivity index (χ1v) is 8.41. The molecule has 1 atom stereocenters. The van der Waals surface area contributed by atoms with Crippen LogP contribution in [0.25, 0.3) is 11.0 Å². The van der Waals surface area contributed by atoms with Crippen LogP contribution in [0, 0.1) is 6.92 Å². The van der Waals surface area contributed by atoms with Gasteiger partial charge in [0.15, 0.2) is 5.65 Å². The van der Waals surface area contributed by atoms with Crippen LogP contribution in [0.2, 0.25) is 0 Å². The second-order valence-corrected chi connectivity index (χ2v) is 6.45. The van der Waals surface area contributed by atoms with E-state index in [1.807, 2.05) is 46.3 Å². The Bertz CT molecular complexity index is 894. The van der Waals surface area contributed by atoms with Gasteiger partial charge in [-0.2, -0.15) is 5.10 Å². The molecule has 25 heavy (non-hydrogen) atoms. The van der Waals surface area contributed by atoms with Crippen LogP contribution in [0.4, 0.5) is 10.5 Å². The van der Waals surface area contributed by atoms with Crippen molar-refractivity contribution >= 4 is 22.8 Å². The summed E-state index contributed by atoms with van der Waals surface area (Å²) in [6, 6.07) is 5.89. The van der Waals surface area contributed by atoms with Gasteiger partial charge in [0.1, 0.15) is 0 Å². The average molecular weight is 340 g/mol. The first-order valence-electron chi connectivity index (χ1n) is 8.41. The van der Waals surface area contributed by atoms with Crippen molar-refractivity contribution < 1.29 is 4.79 Å². The summed E-state index contributed by atoms with van der Waals surface area (Å²) in [4.78, 5) is 16.6. The molecule has 2 amide bonds. The number of carbonyl (C=O) groups excluding carboxylic acids is 1. The fraction of sp³-hybridized carbons (Fsp3) is 0.389. The van der Waals surface area contributed by atoms with Gasteiger partial charge in [0.25, 0.3) is 0 Å². The maximum Gasteiger partial charge on any atom is 0.319 e. The lowest BCUT2D eigenvalue weighted by Crippen LogP contribution is -2.36. The van der Waals surface area contributed by atoms with Crippen molar-refractivity contribution in [1.82, 2.24) is 24.6 Å². The molecule has 0 aliphatic carbocycles. The number of hydrogen-bond donors (Lipinski definition) is 2. The Morgan fingerprint density at radius 3 is 2.88 bits per heavy atom. The Morgan fingerprint density at radius 1 is 1.36 bits per heavy atom. The minimum Gasteiger partial charge on any atom is -0.354 e. The zero-order valence-corrected chi connectivity index (χ0v) is 15.1. The highest BCUT2D eigenvalue weighted by atomic mass is 16.2. The Balaban J connectivity index is 1.56. The largest absolute Gasteiger partial charge is 0.354 e. The molecule has 0 spiro atoms. The van der Waals surface area contributed by atoms with Gasteiger partial charge in [-0.05, 0) is 44.9 Å². The Labute approximate surface area is 147 Å². The van der Waals surface area contributed by atoms with E-state index < -0.39 is 0 Å². The van der Waals surface area contributed by atoms with Crippen molar-refractivity contribution in [2.45, 2.75) is 32.7 Å². The number of hydrogen-bond acceptors (Lipinski definition) is 3. The van der Waals surface area contributed by atoms with E-state index >= 15 is 0 Å². The van der Waals surface area contributed by atoms with Gasteiger partial charge in [-0.3, -0.25) is 4.68 Å². The van der Waals surface area contributed by atoms with Gasteiger partial charge in [0.2, 0.25) is 0 Å². The molecule has 7 heteroatoms. The molecule has 3 aromatic rings. The van der Waals surface area contributed by atoms with Crippen LogP contribution in [-0.4, -0.2) is 31.4 Å². The lowest BCUT2D eigenvalue weighted by molar-refractivity contribution is 0.248. The minimum atomic E-state index is -0.220. The molecule has 3 rings (SSSR count). The number of amides is 2. The molecule has 0 fully saturated rings. The van der Waals surface area contributed by atoms with E-state index in [1.54, 1.807) is 10.9 Å². The van der Waals surface area contributed by atoms with Gasteiger partial charge in [-0.1, -0.05) is 0 Å². The number of aryl methyl sites for hydroxylation is 4. The smallest absolute Gasteiger partial charge is 0.319 e. The maximum absolute atomic E-state index is 12.2. The van der Waals surface area contributed by atoms with E-state index in [1.165, 1.54) is 5.69 Å². The molecule has 132 valence electrons. The molecule has 7 nitrogen and oxygen atoms in total. The molecule has 3 aromatic heterocycles. The van der Waals surface area contributed by atoms with Crippen molar-refractivity contribution in [2.24, 2.45) is 14.1 Å². The zero-order chi connectivity index (χ0) is 18.0. The van der Waals surface area contributed by atoms with Crippen LogP contribution in [0.15, 0.2) is 30.6 Å². The van der Waals surface area contributed by atoms with E-state index in [2.05, 4.69) is 31.3 Å². The molecule has 0 bridgehead atoms.